The van der Waals surface area contributed by atoms with Crippen molar-refractivity contribution in [3.8, 4) is 0 Å². The summed E-state index contributed by atoms with van der Waals surface area (Å²) in [6, 6.07) is 2.88. The standard InChI is InChI=1S/C13H20BrNS/c1-3-6-15-12(7-10-4-5-10)11-8-13(14)16-9(11)2/h8,10,12,15H,3-7H2,1-2H3. The van der Waals surface area contributed by atoms with Crippen LogP contribution in [-0.2, 0) is 0 Å². The van der Waals surface area contributed by atoms with E-state index in [0.29, 0.717) is 6.04 Å². The second-order valence-electron chi connectivity index (χ2n) is 4.75. The monoisotopic (exact) mass is 301 g/mol. The first-order chi connectivity index (χ1) is 7.70. The van der Waals surface area contributed by atoms with Crippen molar-refractivity contribution in [2.45, 2.75) is 45.6 Å². The second kappa shape index (κ2) is 5.65. The van der Waals surface area contributed by atoms with Gasteiger partial charge in [0.2, 0.25) is 0 Å². The van der Waals surface area contributed by atoms with Gasteiger partial charge in [-0.3, -0.25) is 0 Å². The van der Waals surface area contributed by atoms with Crippen LogP contribution < -0.4 is 5.32 Å². The zero-order valence-electron chi connectivity index (χ0n) is 10.1. The van der Waals surface area contributed by atoms with Crippen molar-refractivity contribution in [3.05, 3.63) is 20.3 Å². The summed E-state index contributed by atoms with van der Waals surface area (Å²) >= 11 is 5.45. The van der Waals surface area contributed by atoms with Gasteiger partial charge in [0.25, 0.3) is 0 Å². The molecule has 1 aliphatic rings. The minimum Gasteiger partial charge on any atom is -0.310 e. The molecule has 1 unspecified atom stereocenters. The lowest BCUT2D eigenvalue weighted by atomic mass is 10.0. The highest BCUT2D eigenvalue weighted by molar-refractivity contribution is 9.11. The Morgan fingerprint density at radius 2 is 2.31 bits per heavy atom. The fourth-order valence-corrected chi connectivity index (χ4v) is 3.90. The fraction of sp³-hybridized carbons (Fsp3) is 0.692. The molecular formula is C13H20BrNS. The predicted molar refractivity (Wildman–Crippen MR) is 75.1 cm³/mol. The largest absolute Gasteiger partial charge is 0.310 e. The van der Waals surface area contributed by atoms with E-state index in [9.17, 15) is 0 Å². The van der Waals surface area contributed by atoms with Crippen LogP contribution in [0.1, 0.15) is 49.1 Å². The van der Waals surface area contributed by atoms with Gasteiger partial charge in [-0.15, -0.1) is 11.3 Å². The molecule has 1 fully saturated rings. The average molecular weight is 302 g/mol. The van der Waals surface area contributed by atoms with Gasteiger partial charge < -0.3 is 5.32 Å². The van der Waals surface area contributed by atoms with E-state index in [1.807, 2.05) is 11.3 Å². The maximum atomic E-state index is 3.70. The van der Waals surface area contributed by atoms with Crippen molar-refractivity contribution in [1.29, 1.82) is 0 Å². The highest BCUT2D eigenvalue weighted by Gasteiger charge is 2.27. The van der Waals surface area contributed by atoms with Crippen LogP contribution in [0.25, 0.3) is 0 Å². The number of hydrogen-bond donors (Lipinski definition) is 1. The molecule has 2 rings (SSSR count). The Kier molecular flexibility index (Phi) is 4.45. The SMILES string of the molecule is CCCNC(CC1CC1)c1cc(Br)sc1C. The first-order valence-corrected chi connectivity index (χ1v) is 7.81. The van der Waals surface area contributed by atoms with Crippen molar-refractivity contribution >= 4 is 27.3 Å². The molecule has 1 aromatic rings. The van der Waals surface area contributed by atoms with E-state index in [4.69, 9.17) is 0 Å². The predicted octanol–water partition coefficient (Wildman–Crippen LogP) is 4.66. The molecule has 1 N–H and O–H groups in total. The Hall–Kier alpha value is 0.140. The van der Waals surface area contributed by atoms with Crippen LogP contribution in [0.2, 0.25) is 0 Å². The molecule has 1 saturated carbocycles. The summed E-state index contributed by atoms with van der Waals surface area (Å²) in [5, 5.41) is 3.70. The average Bonchev–Trinajstić information content (AvgIpc) is 2.99. The van der Waals surface area contributed by atoms with E-state index in [0.717, 1.165) is 12.5 Å². The summed E-state index contributed by atoms with van der Waals surface area (Å²) in [4.78, 5) is 1.46. The number of halogens is 1. The van der Waals surface area contributed by atoms with Gasteiger partial charge >= 0.3 is 0 Å². The van der Waals surface area contributed by atoms with Gasteiger partial charge in [0.1, 0.15) is 0 Å². The van der Waals surface area contributed by atoms with Gasteiger partial charge in [-0.2, -0.15) is 0 Å². The third kappa shape index (κ3) is 3.31. The number of rotatable bonds is 6. The molecule has 1 atom stereocenters. The molecule has 0 aromatic carbocycles. The lowest BCUT2D eigenvalue weighted by molar-refractivity contribution is 0.473. The molecule has 90 valence electrons. The van der Waals surface area contributed by atoms with Gasteiger partial charge in [0.15, 0.2) is 0 Å². The number of aryl methyl sites for hydroxylation is 1. The van der Waals surface area contributed by atoms with Crippen LogP contribution in [0.5, 0.6) is 0 Å². The molecule has 1 heterocycles. The van der Waals surface area contributed by atoms with Crippen molar-refractivity contribution < 1.29 is 0 Å². The van der Waals surface area contributed by atoms with Crippen LogP contribution in [0.3, 0.4) is 0 Å². The molecule has 1 nitrogen and oxygen atoms in total. The highest BCUT2D eigenvalue weighted by atomic mass is 79.9. The quantitative estimate of drug-likeness (QED) is 0.806. The van der Waals surface area contributed by atoms with Gasteiger partial charge in [-0.05, 0) is 59.8 Å². The van der Waals surface area contributed by atoms with E-state index in [1.165, 1.54) is 39.9 Å². The number of thiophene rings is 1. The summed E-state index contributed by atoms with van der Waals surface area (Å²) in [7, 11) is 0. The zero-order chi connectivity index (χ0) is 11.5. The lowest BCUT2D eigenvalue weighted by Crippen LogP contribution is -2.22. The van der Waals surface area contributed by atoms with Crippen molar-refractivity contribution in [3.63, 3.8) is 0 Å². The molecule has 0 aliphatic heterocycles. The maximum Gasteiger partial charge on any atom is 0.0704 e. The molecule has 0 radical (unpaired) electrons. The maximum absolute atomic E-state index is 3.70. The first-order valence-electron chi connectivity index (χ1n) is 6.20. The van der Waals surface area contributed by atoms with Crippen LogP contribution in [-0.4, -0.2) is 6.54 Å². The second-order valence-corrected chi connectivity index (χ2v) is 7.38. The van der Waals surface area contributed by atoms with Crippen molar-refractivity contribution in [2.75, 3.05) is 6.54 Å². The number of nitrogens with one attached hydrogen (secondary N) is 1. The smallest absolute Gasteiger partial charge is 0.0704 e. The normalized spacial score (nSPS) is 17.7. The van der Waals surface area contributed by atoms with Gasteiger partial charge in [0, 0.05) is 10.9 Å². The third-order valence-corrected chi connectivity index (χ3v) is 4.78. The van der Waals surface area contributed by atoms with Crippen LogP contribution in [0.15, 0.2) is 9.85 Å². The molecular weight excluding hydrogens is 282 g/mol. The van der Waals surface area contributed by atoms with Gasteiger partial charge in [0.05, 0.1) is 3.79 Å². The molecule has 1 aliphatic carbocycles. The Morgan fingerprint density at radius 3 is 2.81 bits per heavy atom. The molecule has 1 aromatic heterocycles. The lowest BCUT2D eigenvalue weighted by Gasteiger charge is -2.18. The van der Waals surface area contributed by atoms with Crippen molar-refractivity contribution in [2.24, 2.45) is 5.92 Å². The van der Waals surface area contributed by atoms with E-state index in [-0.39, 0.29) is 0 Å². The van der Waals surface area contributed by atoms with Gasteiger partial charge in [-0.1, -0.05) is 19.8 Å². The van der Waals surface area contributed by atoms with Crippen LogP contribution >= 0.6 is 27.3 Å². The Labute approximate surface area is 111 Å². The molecule has 3 heteroatoms. The van der Waals surface area contributed by atoms with Crippen molar-refractivity contribution in [1.82, 2.24) is 5.32 Å². The number of hydrogen-bond acceptors (Lipinski definition) is 2. The Morgan fingerprint density at radius 1 is 1.56 bits per heavy atom. The topological polar surface area (TPSA) is 12.0 Å². The Bertz CT molecular complexity index is 344. The summed E-state index contributed by atoms with van der Waals surface area (Å²) in [6.07, 6.45) is 5.42. The summed E-state index contributed by atoms with van der Waals surface area (Å²) in [5.41, 5.74) is 1.51. The molecule has 0 amide bonds. The third-order valence-electron chi connectivity index (χ3n) is 3.21. The van der Waals surface area contributed by atoms with Gasteiger partial charge in [-0.25, -0.2) is 0 Å². The summed E-state index contributed by atoms with van der Waals surface area (Å²) < 4.78 is 1.26. The minimum absolute atomic E-state index is 0.579. The van der Waals surface area contributed by atoms with E-state index in [1.54, 1.807) is 0 Å². The zero-order valence-corrected chi connectivity index (χ0v) is 12.5. The fourth-order valence-electron chi connectivity index (χ4n) is 2.13. The molecule has 0 spiro atoms. The van der Waals surface area contributed by atoms with E-state index >= 15 is 0 Å². The summed E-state index contributed by atoms with van der Waals surface area (Å²) in [6.45, 7) is 5.60. The van der Waals surface area contributed by atoms with E-state index in [2.05, 4.69) is 41.2 Å². The molecule has 0 saturated heterocycles. The minimum atomic E-state index is 0.579. The van der Waals surface area contributed by atoms with Crippen LogP contribution in [0, 0.1) is 12.8 Å². The van der Waals surface area contributed by atoms with Crippen LogP contribution in [0.4, 0.5) is 0 Å². The Balaban J connectivity index is 2.06. The molecule has 16 heavy (non-hydrogen) atoms. The first kappa shape index (κ1) is 12.6. The highest BCUT2D eigenvalue weighted by Crippen LogP contribution is 2.40. The summed E-state index contributed by atoms with van der Waals surface area (Å²) in [5.74, 6) is 0.979. The van der Waals surface area contributed by atoms with E-state index < -0.39 is 0 Å². The molecule has 0 bridgehead atoms.